The van der Waals surface area contributed by atoms with Gasteiger partial charge in [0.05, 0.1) is 13.2 Å². The van der Waals surface area contributed by atoms with Crippen LogP contribution in [0.2, 0.25) is 0 Å². The lowest BCUT2D eigenvalue weighted by Crippen LogP contribution is -2.47. The first-order valence-corrected chi connectivity index (χ1v) is 6.94. The SMILES string of the molecule is O=C(CCn1cccc1)N1CCC2(CC1)OCCO2. The molecule has 0 N–H and O–H groups in total. The highest BCUT2D eigenvalue weighted by Gasteiger charge is 2.40. The fourth-order valence-electron chi connectivity index (χ4n) is 2.78. The molecule has 0 aliphatic carbocycles. The van der Waals surface area contributed by atoms with Crippen molar-refractivity contribution in [1.82, 2.24) is 9.47 Å². The molecule has 3 rings (SSSR count). The topological polar surface area (TPSA) is 43.7 Å². The number of likely N-dealkylation sites (tertiary alicyclic amines) is 1. The molecule has 0 atom stereocenters. The highest BCUT2D eigenvalue weighted by Crippen LogP contribution is 2.31. The van der Waals surface area contributed by atoms with E-state index in [2.05, 4.69) is 0 Å². The molecule has 0 saturated carbocycles. The predicted molar refractivity (Wildman–Crippen MR) is 69.5 cm³/mol. The van der Waals surface area contributed by atoms with Gasteiger partial charge in [-0.1, -0.05) is 0 Å². The van der Waals surface area contributed by atoms with E-state index < -0.39 is 5.79 Å². The first kappa shape index (κ1) is 12.7. The van der Waals surface area contributed by atoms with Crippen molar-refractivity contribution in [3.63, 3.8) is 0 Å². The van der Waals surface area contributed by atoms with Gasteiger partial charge in [-0.05, 0) is 12.1 Å². The van der Waals surface area contributed by atoms with Crippen LogP contribution in [0, 0.1) is 0 Å². The first-order valence-electron chi connectivity index (χ1n) is 6.94. The van der Waals surface area contributed by atoms with Gasteiger partial charge in [0.25, 0.3) is 0 Å². The summed E-state index contributed by atoms with van der Waals surface area (Å²) >= 11 is 0. The van der Waals surface area contributed by atoms with E-state index in [9.17, 15) is 4.79 Å². The van der Waals surface area contributed by atoms with Crippen LogP contribution in [0.25, 0.3) is 0 Å². The number of nitrogens with zero attached hydrogens (tertiary/aromatic N) is 2. The van der Waals surface area contributed by atoms with Crippen molar-refractivity contribution in [2.24, 2.45) is 0 Å². The molecule has 1 amide bonds. The van der Waals surface area contributed by atoms with Gasteiger partial charge in [-0.3, -0.25) is 4.79 Å². The maximum absolute atomic E-state index is 12.1. The van der Waals surface area contributed by atoms with Crippen LogP contribution in [0.4, 0.5) is 0 Å². The van der Waals surface area contributed by atoms with Crippen molar-refractivity contribution in [1.29, 1.82) is 0 Å². The van der Waals surface area contributed by atoms with E-state index in [1.165, 1.54) is 0 Å². The Bertz CT molecular complexity index is 414. The van der Waals surface area contributed by atoms with Crippen LogP contribution < -0.4 is 0 Å². The Morgan fingerprint density at radius 1 is 1.11 bits per heavy atom. The summed E-state index contributed by atoms with van der Waals surface area (Å²) in [6.45, 7) is 3.60. The molecule has 1 aromatic rings. The number of carbonyl (C=O) groups is 1. The Labute approximate surface area is 113 Å². The van der Waals surface area contributed by atoms with Crippen molar-refractivity contribution in [2.75, 3.05) is 26.3 Å². The smallest absolute Gasteiger partial charge is 0.224 e. The molecule has 0 radical (unpaired) electrons. The highest BCUT2D eigenvalue weighted by molar-refractivity contribution is 5.76. The molecule has 0 unspecified atom stereocenters. The van der Waals surface area contributed by atoms with Gasteiger partial charge in [0, 0.05) is 51.3 Å². The van der Waals surface area contributed by atoms with Crippen LogP contribution in [-0.2, 0) is 20.8 Å². The molecule has 1 spiro atoms. The molecule has 2 fully saturated rings. The minimum atomic E-state index is -0.392. The normalized spacial score (nSPS) is 22.0. The molecule has 5 nitrogen and oxygen atoms in total. The van der Waals surface area contributed by atoms with E-state index in [4.69, 9.17) is 9.47 Å². The first-order chi connectivity index (χ1) is 9.27. The number of amides is 1. The molecule has 0 bridgehead atoms. The molecular formula is C14H20N2O3. The fourth-order valence-corrected chi connectivity index (χ4v) is 2.78. The molecule has 104 valence electrons. The van der Waals surface area contributed by atoms with Crippen LogP contribution >= 0.6 is 0 Å². The summed E-state index contributed by atoms with van der Waals surface area (Å²) in [4.78, 5) is 14.1. The van der Waals surface area contributed by atoms with Gasteiger partial charge >= 0.3 is 0 Å². The molecule has 3 heterocycles. The van der Waals surface area contributed by atoms with Gasteiger partial charge in [-0.25, -0.2) is 0 Å². The van der Waals surface area contributed by atoms with Gasteiger partial charge in [-0.2, -0.15) is 0 Å². The van der Waals surface area contributed by atoms with Gasteiger partial charge in [0.1, 0.15) is 0 Å². The van der Waals surface area contributed by atoms with E-state index >= 15 is 0 Å². The molecular weight excluding hydrogens is 244 g/mol. The zero-order chi connectivity index (χ0) is 13.1. The van der Waals surface area contributed by atoms with E-state index in [0.29, 0.717) is 19.6 Å². The highest BCUT2D eigenvalue weighted by atomic mass is 16.7. The maximum atomic E-state index is 12.1. The zero-order valence-corrected chi connectivity index (χ0v) is 11.1. The maximum Gasteiger partial charge on any atom is 0.224 e. The summed E-state index contributed by atoms with van der Waals surface area (Å²) < 4.78 is 13.4. The molecule has 2 aliphatic rings. The average molecular weight is 264 g/mol. The Hall–Kier alpha value is -1.33. The fraction of sp³-hybridized carbons (Fsp3) is 0.643. The molecule has 0 aromatic carbocycles. The Morgan fingerprint density at radius 3 is 2.37 bits per heavy atom. The van der Waals surface area contributed by atoms with Crippen molar-refractivity contribution in [2.45, 2.75) is 31.6 Å². The van der Waals surface area contributed by atoms with E-state index in [0.717, 1.165) is 32.5 Å². The summed E-state index contributed by atoms with van der Waals surface area (Å²) in [5.41, 5.74) is 0. The van der Waals surface area contributed by atoms with Crippen molar-refractivity contribution in [3.8, 4) is 0 Å². The van der Waals surface area contributed by atoms with Crippen LogP contribution in [0.3, 0.4) is 0 Å². The van der Waals surface area contributed by atoms with Crippen LogP contribution in [0.15, 0.2) is 24.5 Å². The lowest BCUT2D eigenvalue weighted by atomic mass is 10.0. The van der Waals surface area contributed by atoms with E-state index in [1.54, 1.807) is 0 Å². The van der Waals surface area contributed by atoms with E-state index in [-0.39, 0.29) is 5.91 Å². The number of piperidine rings is 1. The Balaban J connectivity index is 1.46. The minimum Gasteiger partial charge on any atom is -0.354 e. The molecule has 5 heteroatoms. The third-order valence-corrected chi connectivity index (χ3v) is 3.94. The minimum absolute atomic E-state index is 0.224. The number of hydrogen-bond acceptors (Lipinski definition) is 3. The molecule has 1 aromatic heterocycles. The largest absolute Gasteiger partial charge is 0.354 e. The molecule has 2 aliphatic heterocycles. The summed E-state index contributed by atoms with van der Waals surface area (Å²) in [6.07, 6.45) is 6.12. The number of rotatable bonds is 3. The summed E-state index contributed by atoms with van der Waals surface area (Å²) in [5.74, 6) is -0.168. The summed E-state index contributed by atoms with van der Waals surface area (Å²) in [7, 11) is 0. The standard InChI is InChI=1S/C14H20N2O3/c17-13(3-8-15-6-1-2-7-15)16-9-4-14(5-10-16)18-11-12-19-14/h1-2,6-7H,3-5,8-12H2. The Kier molecular flexibility index (Phi) is 3.57. The summed E-state index contributed by atoms with van der Waals surface area (Å²) in [5, 5.41) is 0. The molecule has 2 saturated heterocycles. The van der Waals surface area contributed by atoms with E-state index in [1.807, 2.05) is 34.0 Å². The van der Waals surface area contributed by atoms with Crippen LogP contribution in [-0.4, -0.2) is 47.5 Å². The second-order valence-electron chi connectivity index (χ2n) is 5.16. The number of hydrogen-bond donors (Lipinski definition) is 0. The van der Waals surface area contributed by atoms with Gasteiger partial charge in [0.2, 0.25) is 5.91 Å². The van der Waals surface area contributed by atoms with Gasteiger partial charge in [0.15, 0.2) is 5.79 Å². The second-order valence-corrected chi connectivity index (χ2v) is 5.16. The van der Waals surface area contributed by atoms with Crippen LogP contribution in [0.1, 0.15) is 19.3 Å². The molecule has 19 heavy (non-hydrogen) atoms. The van der Waals surface area contributed by atoms with Crippen molar-refractivity contribution in [3.05, 3.63) is 24.5 Å². The lowest BCUT2D eigenvalue weighted by Gasteiger charge is -2.37. The van der Waals surface area contributed by atoms with Gasteiger partial charge < -0.3 is 18.9 Å². The van der Waals surface area contributed by atoms with Crippen molar-refractivity contribution < 1.29 is 14.3 Å². The van der Waals surface area contributed by atoms with Crippen molar-refractivity contribution >= 4 is 5.91 Å². The van der Waals surface area contributed by atoms with Crippen LogP contribution in [0.5, 0.6) is 0 Å². The lowest BCUT2D eigenvalue weighted by molar-refractivity contribution is -0.187. The average Bonchev–Trinajstić information content (AvgIpc) is 3.09. The second kappa shape index (κ2) is 5.35. The monoisotopic (exact) mass is 264 g/mol. The number of aromatic nitrogens is 1. The number of carbonyl (C=O) groups excluding carboxylic acids is 1. The third kappa shape index (κ3) is 2.82. The quantitative estimate of drug-likeness (QED) is 0.825. The van der Waals surface area contributed by atoms with Gasteiger partial charge in [-0.15, -0.1) is 0 Å². The zero-order valence-electron chi connectivity index (χ0n) is 11.1. The predicted octanol–water partition coefficient (Wildman–Crippen LogP) is 1.24. The number of aryl methyl sites for hydroxylation is 1. The Morgan fingerprint density at radius 2 is 1.74 bits per heavy atom. The third-order valence-electron chi connectivity index (χ3n) is 3.94. The number of ether oxygens (including phenoxy) is 2. The summed E-state index contributed by atoms with van der Waals surface area (Å²) in [6, 6.07) is 3.95.